The van der Waals surface area contributed by atoms with Gasteiger partial charge in [0.05, 0.1) is 20.3 Å². The van der Waals surface area contributed by atoms with Crippen LogP contribution in [0.3, 0.4) is 0 Å². The molecule has 0 radical (unpaired) electrons. The molecule has 0 aromatic heterocycles. The van der Waals surface area contributed by atoms with Crippen LogP contribution in [0, 0.1) is 5.82 Å². The minimum absolute atomic E-state index is 0.0926. The predicted molar refractivity (Wildman–Crippen MR) is 154 cm³/mol. The van der Waals surface area contributed by atoms with Crippen molar-refractivity contribution < 1.29 is 23.7 Å². The van der Waals surface area contributed by atoms with Crippen LogP contribution < -0.4 is 19.1 Å². The third kappa shape index (κ3) is 6.41. The summed E-state index contributed by atoms with van der Waals surface area (Å²) in [6.07, 6.45) is 2.72. The Bertz CT molecular complexity index is 1280. The second-order valence-electron chi connectivity index (χ2n) is 10.5. The highest BCUT2D eigenvalue weighted by atomic mass is 19.1. The number of fused-ring (bicyclic) bond motifs is 1. The van der Waals surface area contributed by atoms with Crippen molar-refractivity contribution in [2.75, 3.05) is 52.9 Å². The number of rotatable bonds is 11. The number of aryl methyl sites for hydroxylation is 1. The number of methoxy groups -OCH3 is 2. The summed E-state index contributed by atoms with van der Waals surface area (Å²) in [7, 11) is 7.23. The molecule has 0 saturated carbocycles. The second kappa shape index (κ2) is 12.6. The fourth-order valence-electron chi connectivity index (χ4n) is 5.53. The van der Waals surface area contributed by atoms with E-state index in [1.54, 1.807) is 32.4 Å². The Hall–Kier alpha value is -3.45. The van der Waals surface area contributed by atoms with Crippen molar-refractivity contribution in [3.63, 3.8) is 0 Å². The summed E-state index contributed by atoms with van der Waals surface area (Å²) >= 11 is 0. The topological polar surface area (TPSA) is 54.4 Å². The van der Waals surface area contributed by atoms with Gasteiger partial charge < -0.3 is 29.1 Å². The molecule has 0 saturated heterocycles. The molecule has 3 aromatic rings. The number of phenolic OH excluding ortho intramolecular Hbond substituents is 1. The van der Waals surface area contributed by atoms with E-state index in [1.807, 2.05) is 37.2 Å². The fourth-order valence-corrected chi connectivity index (χ4v) is 5.53. The molecule has 7 heteroatoms. The van der Waals surface area contributed by atoms with Gasteiger partial charge in [0, 0.05) is 24.8 Å². The van der Waals surface area contributed by atoms with Crippen molar-refractivity contribution in [1.82, 2.24) is 4.90 Å². The summed E-state index contributed by atoms with van der Waals surface area (Å²) in [5, 5.41) is 9.94. The Labute approximate surface area is 231 Å². The number of benzene rings is 3. The summed E-state index contributed by atoms with van der Waals surface area (Å²) in [6, 6.07) is 15.0. The summed E-state index contributed by atoms with van der Waals surface area (Å²) in [5.41, 5.74) is 5.58. The van der Waals surface area contributed by atoms with Crippen molar-refractivity contribution in [1.29, 1.82) is 0 Å². The van der Waals surface area contributed by atoms with E-state index in [0.717, 1.165) is 43.6 Å². The highest BCUT2D eigenvalue weighted by molar-refractivity contribution is 5.65. The van der Waals surface area contributed by atoms with E-state index in [4.69, 9.17) is 14.2 Å². The number of aromatic hydroxyl groups is 1. The van der Waals surface area contributed by atoms with Crippen molar-refractivity contribution in [3.05, 3.63) is 76.6 Å². The Morgan fingerprint density at radius 1 is 0.974 bits per heavy atom. The van der Waals surface area contributed by atoms with Crippen molar-refractivity contribution in [2.45, 2.75) is 45.1 Å². The number of hydrogen-bond acceptors (Lipinski definition) is 6. The maximum atomic E-state index is 15.0. The lowest BCUT2D eigenvalue weighted by molar-refractivity contribution is 0.252. The number of halogens is 1. The van der Waals surface area contributed by atoms with Crippen LogP contribution in [0.25, 0.3) is 0 Å². The Balaban J connectivity index is 1.68. The van der Waals surface area contributed by atoms with E-state index < -0.39 is 0 Å². The molecule has 0 fully saturated rings. The molecule has 0 amide bonds. The molecule has 3 aromatic carbocycles. The van der Waals surface area contributed by atoms with Gasteiger partial charge in [0.25, 0.3) is 0 Å². The minimum atomic E-state index is -0.353. The van der Waals surface area contributed by atoms with Crippen LogP contribution >= 0.6 is 0 Å². The maximum absolute atomic E-state index is 15.0. The molecule has 0 bridgehead atoms. The van der Waals surface area contributed by atoms with E-state index in [9.17, 15) is 5.11 Å². The third-order valence-corrected chi connectivity index (χ3v) is 7.74. The summed E-state index contributed by atoms with van der Waals surface area (Å²) in [6.45, 7) is 6.09. The van der Waals surface area contributed by atoms with E-state index in [0.29, 0.717) is 23.9 Å². The number of phenols is 1. The average Bonchev–Trinajstić information content (AvgIpc) is 2.93. The Morgan fingerprint density at radius 2 is 1.72 bits per heavy atom. The quantitative estimate of drug-likeness (QED) is 0.308. The molecule has 0 heterocycles. The van der Waals surface area contributed by atoms with Gasteiger partial charge in [-0.3, -0.25) is 0 Å². The summed E-state index contributed by atoms with van der Waals surface area (Å²) in [4.78, 5) is 4.30. The zero-order valence-corrected chi connectivity index (χ0v) is 24.0. The van der Waals surface area contributed by atoms with Gasteiger partial charge in [-0.05, 0) is 106 Å². The standard InChI is InChI=1S/C32H41FN2O4/c1-7-35(21(2)22-11-13-30(28(33)18-22)39-15-14-34(3)4)29-20-32(38-6)31(37-5)19-27(29)25-9-8-24-17-26(36)12-10-23(24)16-25/h10-13,17-21,25,36H,7-9,14-16H2,1-6H3/t21?,25-/m1/s1. The highest BCUT2D eigenvalue weighted by Gasteiger charge is 2.28. The lowest BCUT2D eigenvalue weighted by Gasteiger charge is -2.36. The molecule has 0 aliphatic heterocycles. The number of likely N-dealkylation sites (N-methyl/N-ethyl adjacent to an activating group) is 1. The van der Waals surface area contributed by atoms with Crippen molar-refractivity contribution in [3.8, 4) is 23.0 Å². The van der Waals surface area contributed by atoms with Crippen LogP contribution in [0.4, 0.5) is 10.1 Å². The molecule has 1 aliphatic carbocycles. The van der Waals surface area contributed by atoms with Gasteiger partial charge in [0.1, 0.15) is 12.4 Å². The van der Waals surface area contributed by atoms with E-state index in [2.05, 4.69) is 30.9 Å². The zero-order chi connectivity index (χ0) is 28.1. The normalized spacial score (nSPS) is 15.5. The Morgan fingerprint density at radius 3 is 2.38 bits per heavy atom. The fraction of sp³-hybridized carbons (Fsp3) is 0.438. The lowest BCUT2D eigenvalue weighted by Crippen LogP contribution is -2.29. The first kappa shape index (κ1) is 28.6. The maximum Gasteiger partial charge on any atom is 0.165 e. The summed E-state index contributed by atoms with van der Waals surface area (Å²) in [5.74, 6) is 1.86. The van der Waals surface area contributed by atoms with Gasteiger partial charge in [0.2, 0.25) is 0 Å². The molecular formula is C32H41FN2O4. The minimum Gasteiger partial charge on any atom is -0.508 e. The monoisotopic (exact) mass is 536 g/mol. The van der Waals surface area contributed by atoms with E-state index in [-0.39, 0.29) is 23.5 Å². The highest BCUT2D eigenvalue weighted by Crippen LogP contribution is 2.45. The number of anilines is 1. The average molecular weight is 537 g/mol. The first-order valence-electron chi connectivity index (χ1n) is 13.7. The first-order valence-corrected chi connectivity index (χ1v) is 13.7. The first-order chi connectivity index (χ1) is 18.7. The van der Waals surface area contributed by atoms with Gasteiger partial charge in [-0.1, -0.05) is 12.1 Å². The Kier molecular flexibility index (Phi) is 9.23. The largest absolute Gasteiger partial charge is 0.508 e. The third-order valence-electron chi connectivity index (χ3n) is 7.74. The number of ether oxygens (including phenoxy) is 3. The van der Waals surface area contributed by atoms with Gasteiger partial charge in [-0.15, -0.1) is 0 Å². The van der Waals surface area contributed by atoms with Crippen LogP contribution in [0.2, 0.25) is 0 Å². The van der Waals surface area contributed by atoms with Crippen LogP contribution in [0.5, 0.6) is 23.0 Å². The van der Waals surface area contributed by atoms with Crippen LogP contribution in [-0.4, -0.2) is 58.0 Å². The molecular weight excluding hydrogens is 495 g/mol. The molecule has 2 atom stereocenters. The van der Waals surface area contributed by atoms with Gasteiger partial charge in [-0.25, -0.2) is 4.39 Å². The smallest absolute Gasteiger partial charge is 0.165 e. The molecule has 0 spiro atoms. The second-order valence-corrected chi connectivity index (χ2v) is 10.5. The number of nitrogens with zero attached hydrogens (tertiary/aromatic N) is 2. The van der Waals surface area contributed by atoms with Gasteiger partial charge in [0.15, 0.2) is 23.1 Å². The SMILES string of the molecule is CCN(c1cc(OC)c(OC)cc1[C@@H]1CCc2cc(O)ccc2C1)C(C)c1ccc(OCCN(C)C)c(F)c1. The van der Waals surface area contributed by atoms with Crippen LogP contribution in [-0.2, 0) is 12.8 Å². The van der Waals surface area contributed by atoms with Gasteiger partial charge in [-0.2, -0.15) is 0 Å². The van der Waals surface area contributed by atoms with Gasteiger partial charge >= 0.3 is 0 Å². The van der Waals surface area contributed by atoms with Crippen molar-refractivity contribution >= 4 is 5.69 Å². The number of hydrogen-bond donors (Lipinski definition) is 1. The molecule has 1 aliphatic rings. The van der Waals surface area contributed by atoms with E-state index >= 15 is 4.39 Å². The van der Waals surface area contributed by atoms with Crippen LogP contribution in [0.1, 0.15) is 54.5 Å². The predicted octanol–water partition coefficient (Wildman–Crippen LogP) is 6.35. The molecule has 4 rings (SSSR count). The zero-order valence-electron chi connectivity index (χ0n) is 24.0. The summed E-state index contributed by atoms with van der Waals surface area (Å²) < 4.78 is 32.1. The molecule has 1 N–H and O–H groups in total. The van der Waals surface area contributed by atoms with Crippen molar-refractivity contribution in [2.24, 2.45) is 0 Å². The molecule has 210 valence electrons. The molecule has 39 heavy (non-hydrogen) atoms. The lowest BCUT2D eigenvalue weighted by atomic mass is 9.79. The molecule has 6 nitrogen and oxygen atoms in total. The molecule has 1 unspecified atom stereocenters. The van der Waals surface area contributed by atoms with Crippen LogP contribution in [0.15, 0.2) is 48.5 Å². The van der Waals surface area contributed by atoms with E-state index in [1.165, 1.54) is 16.7 Å².